The van der Waals surface area contributed by atoms with Crippen LogP contribution in [0.2, 0.25) is 10.0 Å². The van der Waals surface area contributed by atoms with Crippen LogP contribution in [-0.2, 0) is 16.4 Å². The molecule has 1 fully saturated rings. The van der Waals surface area contributed by atoms with E-state index in [0.29, 0.717) is 33.3 Å². The van der Waals surface area contributed by atoms with E-state index < -0.39 is 9.84 Å². The SMILES string of the molecule is CCN(CC)c1ccc(CN(C(=O)c2sc3cccc(Cl)c3c2Cl)C2CCS(=O)(=O)C2)cc1. The van der Waals surface area contributed by atoms with Crippen molar-refractivity contribution in [3.05, 3.63) is 63.0 Å². The Morgan fingerprint density at radius 1 is 1.09 bits per heavy atom. The molecule has 0 aliphatic carbocycles. The van der Waals surface area contributed by atoms with Crippen LogP contribution in [-0.4, -0.2) is 49.9 Å². The number of amides is 1. The molecule has 1 amide bonds. The smallest absolute Gasteiger partial charge is 0.266 e. The second kappa shape index (κ2) is 9.82. The number of halogens is 2. The highest BCUT2D eigenvalue weighted by molar-refractivity contribution is 7.91. The van der Waals surface area contributed by atoms with E-state index in [-0.39, 0.29) is 23.5 Å². The number of hydrogen-bond acceptors (Lipinski definition) is 5. The molecule has 1 aromatic heterocycles. The van der Waals surface area contributed by atoms with Gasteiger partial charge in [-0.3, -0.25) is 4.79 Å². The number of fused-ring (bicyclic) bond motifs is 1. The third kappa shape index (κ3) is 5.02. The van der Waals surface area contributed by atoms with Crippen LogP contribution >= 0.6 is 34.5 Å². The molecule has 5 nitrogen and oxygen atoms in total. The van der Waals surface area contributed by atoms with E-state index in [9.17, 15) is 13.2 Å². The van der Waals surface area contributed by atoms with Crippen molar-refractivity contribution in [1.82, 2.24) is 4.90 Å². The fourth-order valence-corrected chi connectivity index (χ4v) is 7.96. The second-order valence-corrected chi connectivity index (χ2v) is 12.3. The van der Waals surface area contributed by atoms with Crippen molar-refractivity contribution in [2.45, 2.75) is 32.9 Å². The lowest BCUT2D eigenvalue weighted by atomic mass is 10.1. The van der Waals surface area contributed by atoms with Gasteiger partial charge in [-0.2, -0.15) is 0 Å². The molecule has 0 spiro atoms. The van der Waals surface area contributed by atoms with E-state index in [1.165, 1.54) is 11.3 Å². The average molecular weight is 526 g/mol. The van der Waals surface area contributed by atoms with Crippen LogP contribution in [0.3, 0.4) is 0 Å². The number of carbonyl (C=O) groups excluding carboxylic acids is 1. The number of nitrogens with zero attached hydrogens (tertiary/aromatic N) is 2. The summed E-state index contributed by atoms with van der Waals surface area (Å²) in [6.07, 6.45) is 0.425. The van der Waals surface area contributed by atoms with E-state index in [1.807, 2.05) is 36.4 Å². The van der Waals surface area contributed by atoms with Crippen LogP contribution in [0.25, 0.3) is 10.1 Å². The predicted molar refractivity (Wildman–Crippen MR) is 139 cm³/mol. The quantitative estimate of drug-likeness (QED) is 0.387. The molecule has 1 aliphatic rings. The number of carbonyl (C=O) groups is 1. The summed E-state index contributed by atoms with van der Waals surface area (Å²) in [4.78, 5) is 18.0. The minimum absolute atomic E-state index is 0.0282. The summed E-state index contributed by atoms with van der Waals surface area (Å²) in [6, 6.07) is 13.2. The average Bonchev–Trinajstić information content (AvgIpc) is 3.33. The summed E-state index contributed by atoms with van der Waals surface area (Å²) < 4.78 is 25.3. The lowest BCUT2D eigenvalue weighted by Gasteiger charge is -2.28. The lowest BCUT2D eigenvalue weighted by Crippen LogP contribution is -2.40. The zero-order valence-corrected chi connectivity index (χ0v) is 21.7. The summed E-state index contributed by atoms with van der Waals surface area (Å²) in [5.74, 6) is -0.194. The number of anilines is 1. The van der Waals surface area contributed by atoms with Crippen molar-refractivity contribution in [2.75, 3.05) is 29.5 Å². The van der Waals surface area contributed by atoms with Crippen molar-refractivity contribution in [1.29, 1.82) is 0 Å². The highest BCUT2D eigenvalue weighted by Gasteiger charge is 2.36. The fraction of sp³-hybridized carbons (Fsp3) is 0.375. The predicted octanol–water partition coefficient (Wildman–Crippen LogP) is 5.88. The van der Waals surface area contributed by atoms with Crippen molar-refractivity contribution in [3.63, 3.8) is 0 Å². The van der Waals surface area contributed by atoms with Gasteiger partial charge < -0.3 is 9.80 Å². The second-order valence-electron chi connectivity index (χ2n) is 8.19. The van der Waals surface area contributed by atoms with Gasteiger partial charge in [-0.05, 0) is 50.1 Å². The molecule has 0 saturated carbocycles. The van der Waals surface area contributed by atoms with Crippen molar-refractivity contribution < 1.29 is 13.2 Å². The van der Waals surface area contributed by atoms with Crippen molar-refractivity contribution in [3.8, 4) is 0 Å². The Morgan fingerprint density at radius 2 is 1.79 bits per heavy atom. The van der Waals surface area contributed by atoms with E-state index in [4.69, 9.17) is 23.2 Å². The maximum atomic E-state index is 13.7. The first-order chi connectivity index (χ1) is 15.7. The molecule has 176 valence electrons. The molecule has 0 N–H and O–H groups in total. The lowest BCUT2D eigenvalue weighted by molar-refractivity contribution is 0.0686. The number of benzene rings is 2. The first-order valence-electron chi connectivity index (χ1n) is 11.0. The summed E-state index contributed by atoms with van der Waals surface area (Å²) in [5, 5.41) is 1.49. The van der Waals surface area contributed by atoms with Gasteiger partial charge in [-0.15, -0.1) is 11.3 Å². The third-order valence-corrected chi connectivity index (χ3v) is 9.83. The zero-order chi connectivity index (χ0) is 23.8. The summed E-state index contributed by atoms with van der Waals surface area (Å²) in [7, 11) is -3.17. The first-order valence-corrected chi connectivity index (χ1v) is 14.3. The maximum absolute atomic E-state index is 13.7. The molecule has 2 heterocycles. The van der Waals surface area contributed by atoms with Gasteiger partial charge >= 0.3 is 0 Å². The number of thiophene rings is 1. The molecule has 4 rings (SSSR count). The van der Waals surface area contributed by atoms with Crippen molar-refractivity contribution in [2.24, 2.45) is 0 Å². The molecule has 33 heavy (non-hydrogen) atoms. The standard InChI is InChI=1S/C24H26Cl2N2O3S2/c1-3-27(4-2)17-10-8-16(9-11-17)14-28(18-12-13-33(30,31)15-18)24(29)23-22(26)21-19(25)6-5-7-20(21)32-23/h5-11,18H,3-4,12-15H2,1-2H3. The minimum Gasteiger partial charge on any atom is -0.372 e. The normalized spacial score (nSPS) is 17.4. The number of rotatable bonds is 7. The van der Waals surface area contributed by atoms with E-state index >= 15 is 0 Å². The Morgan fingerprint density at radius 3 is 2.36 bits per heavy atom. The Kier molecular flexibility index (Phi) is 7.24. The van der Waals surface area contributed by atoms with E-state index in [0.717, 1.165) is 29.0 Å². The molecule has 9 heteroatoms. The van der Waals surface area contributed by atoms with Crippen LogP contribution in [0, 0.1) is 0 Å². The maximum Gasteiger partial charge on any atom is 0.266 e. The molecule has 0 radical (unpaired) electrons. The fourth-order valence-electron chi connectivity index (χ4n) is 4.32. The number of sulfone groups is 1. The molecular formula is C24H26Cl2N2O3S2. The molecule has 1 aliphatic heterocycles. The summed E-state index contributed by atoms with van der Waals surface area (Å²) >= 11 is 14.2. The van der Waals surface area contributed by atoms with Crippen LogP contribution in [0.1, 0.15) is 35.5 Å². The van der Waals surface area contributed by atoms with Crippen LogP contribution in [0.4, 0.5) is 5.69 Å². The minimum atomic E-state index is -3.17. The molecule has 2 aromatic carbocycles. The van der Waals surface area contributed by atoms with Gasteiger partial charge in [0.2, 0.25) is 0 Å². The van der Waals surface area contributed by atoms with E-state index in [2.05, 4.69) is 18.7 Å². The van der Waals surface area contributed by atoms with Crippen molar-refractivity contribution >= 4 is 66.1 Å². The molecule has 1 atom stereocenters. The molecule has 0 bridgehead atoms. The molecule has 1 unspecified atom stereocenters. The highest BCUT2D eigenvalue weighted by atomic mass is 35.5. The van der Waals surface area contributed by atoms with Crippen LogP contribution < -0.4 is 4.90 Å². The summed E-state index contributed by atoms with van der Waals surface area (Å²) in [5.41, 5.74) is 2.06. The Bertz CT molecular complexity index is 1270. The van der Waals surface area contributed by atoms with Gasteiger partial charge in [0.05, 0.1) is 21.6 Å². The zero-order valence-electron chi connectivity index (χ0n) is 18.6. The van der Waals surface area contributed by atoms with Gasteiger partial charge in [0.25, 0.3) is 5.91 Å². The Hall–Kier alpha value is -1.80. The molecule has 3 aromatic rings. The number of hydrogen-bond donors (Lipinski definition) is 0. The highest BCUT2D eigenvalue weighted by Crippen LogP contribution is 2.40. The molecule has 1 saturated heterocycles. The van der Waals surface area contributed by atoms with Gasteiger partial charge in [-0.1, -0.05) is 41.4 Å². The Labute approximate surface area is 208 Å². The third-order valence-electron chi connectivity index (χ3n) is 6.13. The van der Waals surface area contributed by atoms with Gasteiger partial charge in [0.15, 0.2) is 9.84 Å². The van der Waals surface area contributed by atoms with Gasteiger partial charge in [0, 0.05) is 41.4 Å². The van der Waals surface area contributed by atoms with Crippen LogP contribution in [0.15, 0.2) is 42.5 Å². The molecular weight excluding hydrogens is 499 g/mol. The first kappa shape index (κ1) is 24.3. The van der Waals surface area contributed by atoms with E-state index in [1.54, 1.807) is 11.0 Å². The largest absolute Gasteiger partial charge is 0.372 e. The monoisotopic (exact) mass is 524 g/mol. The summed E-state index contributed by atoms with van der Waals surface area (Å²) in [6.45, 7) is 6.36. The van der Waals surface area contributed by atoms with Gasteiger partial charge in [0.1, 0.15) is 4.88 Å². The van der Waals surface area contributed by atoms with Gasteiger partial charge in [-0.25, -0.2) is 8.42 Å². The Balaban J connectivity index is 1.68. The van der Waals surface area contributed by atoms with Crippen LogP contribution in [0.5, 0.6) is 0 Å². The topological polar surface area (TPSA) is 57.7 Å².